The Balaban J connectivity index is 1.57. The molecule has 2 N–H and O–H groups in total. The molecule has 26 heavy (non-hydrogen) atoms. The maximum absolute atomic E-state index is 12.3. The van der Waals surface area contributed by atoms with E-state index in [1.54, 1.807) is 6.20 Å². The first-order valence-electron chi connectivity index (χ1n) is 8.57. The maximum atomic E-state index is 12.3. The van der Waals surface area contributed by atoms with Gasteiger partial charge in [-0.05, 0) is 31.5 Å². The maximum Gasteiger partial charge on any atom is 0.281 e. The molecule has 0 radical (unpaired) electrons. The number of carbonyl (C=O) groups is 1. The summed E-state index contributed by atoms with van der Waals surface area (Å²) in [7, 11) is 0. The zero-order chi connectivity index (χ0) is 18.7. The van der Waals surface area contributed by atoms with Crippen LogP contribution in [0.2, 0.25) is 10.0 Å². The van der Waals surface area contributed by atoms with Crippen LogP contribution < -0.4 is 10.2 Å². The van der Waals surface area contributed by atoms with E-state index in [9.17, 15) is 4.79 Å². The SMILES string of the molecule is C[C@@H]1C[NH+](CC(=O)Nc2ncc(Cc3c(Cl)cccc3Cl)s2)C[C@H](C)O1. The van der Waals surface area contributed by atoms with Gasteiger partial charge in [0.25, 0.3) is 5.91 Å². The van der Waals surface area contributed by atoms with Crippen molar-refractivity contribution in [3.05, 3.63) is 44.9 Å². The van der Waals surface area contributed by atoms with Gasteiger partial charge in [0.2, 0.25) is 0 Å². The summed E-state index contributed by atoms with van der Waals surface area (Å²) in [6, 6.07) is 5.46. The number of ether oxygens (including phenoxy) is 1. The number of amides is 1. The molecule has 1 aliphatic rings. The monoisotopic (exact) mass is 414 g/mol. The number of thiazole rings is 1. The molecule has 1 unspecified atom stereocenters. The van der Waals surface area contributed by atoms with E-state index in [0.29, 0.717) is 28.1 Å². The Bertz CT molecular complexity index is 753. The third-order valence-electron chi connectivity index (χ3n) is 4.24. The molecule has 5 nitrogen and oxygen atoms in total. The van der Waals surface area contributed by atoms with E-state index in [0.717, 1.165) is 23.5 Å². The number of morpholine rings is 1. The lowest BCUT2D eigenvalue weighted by Gasteiger charge is -2.31. The first kappa shape index (κ1) is 19.6. The number of rotatable bonds is 5. The summed E-state index contributed by atoms with van der Waals surface area (Å²) in [5, 5.41) is 4.76. The van der Waals surface area contributed by atoms with Crippen molar-refractivity contribution in [1.29, 1.82) is 0 Å². The van der Waals surface area contributed by atoms with E-state index in [-0.39, 0.29) is 18.1 Å². The highest BCUT2D eigenvalue weighted by atomic mass is 35.5. The van der Waals surface area contributed by atoms with E-state index in [4.69, 9.17) is 27.9 Å². The Morgan fingerprint density at radius 3 is 2.62 bits per heavy atom. The molecule has 0 spiro atoms. The predicted octanol–water partition coefficient (Wildman–Crippen LogP) is 2.67. The molecule has 3 rings (SSSR count). The minimum atomic E-state index is -0.0297. The van der Waals surface area contributed by atoms with Crippen LogP contribution in [0, 0.1) is 0 Å². The minimum absolute atomic E-state index is 0.0297. The molecule has 140 valence electrons. The van der Waals surface area contributed by atoms with Gasteiger partial charge in [-0.1, -0.05) is 29.3 Å². The summed E-state index contributed by atoms with van der Waals surface area (Å²) < 4.78 is 5.71. The third-order valence-corrected chi connectivity index (χ3v) is 5.86. The summed E-state index contributed by atoms with van der Waals surface area (Å²) in [5.74, 6) is -0.0297. The fourth-order valence-electron chi connectivity index (χ4n) is 3.25. The summed E-state index contributed by atoms with van der Waals surface area (Å²) >= 11 is 13.9. The van der Waals surface area contributed by atoms with Crippen molar-refractivity contribution >= 4 is 45.6 Å². The number of quaternary nitrogens is 1. The summed E-state index contributed by atoms with van der Waals surface area (Å²) in [6.07, 6.45) is 2.70. The number of halogens is 2. The normalized spacial score (nSPS) is 23.0. The molecule has 8 heteroatoms. The van der Waals surface area contributed by atoms with Crippen molar-refractivity contribution in [3.8, 4) is 0 Å². The Morgan fingerprint density at radius 1 is 1.31 bits per heavy atom. The molecule has 3 atom stereocenters. The molecule has 1 aromatic heterocycles. The molecule has 1 aromatic carbocycles. The molecule has 1 fully saturated rings. The molecule has 1 saturated heterocycles. The van der Waals surface area contributed by atoms with Crippen molar-refractivity contribution < 1.29 is 14.4 Å². The molecule has 0 saturated carbocycles. The van der Waals surface area contributed by atoms with Gasteiger partial charge in [0.05, 0.1) is 0 Å². The topological polar surface area (TPSA) is 55.7 Å². The van der Waals surface area contributed by atoms with Crippen LogP contribution in [0.1, 0.15) is 24.3 Å². The average molecular weight is 415 g/mol. The van der Waals surface area contributed by atoms with Crippen LogP contribution in [-0.4, -0.2) is 42.7 Å². The van der Waals surface area contributed by atoms with Gasteiger partial charge in [-0.15, -0.1) is 11.3 Å². The van der Waals surface area contributed by atoms with Crippen LogP contribution >= 0.6 is 34.5 Å². The fourth-order valence-corrected chi connectivity index (χ4v) is 4.62. The zero-order valence-electron chi connectivity index (χ0n) is 14.7. The largest absolute Gasteiger partial charge is 0.364 e. The molecule has 1 amide bonds. The standard InChI is InChI=1S/C18H21Cl2N3O2S/c1-11-8-23(9-12(2)25-11)10-17(24)22-18-21-7-13(26-18)6-14-15(19)4-3-5-16(14)20/h3-5,7,11-12H,6,8-10H2,1-2H3,(H,21,22,24)/p+1/t11-,12+. The Labute approximate surface area is 167 Å². The van der Waals surface area contributed by atoms with Gasteiger partial charge >= 0.3 is 0 Å². The van der Waals surface area contributed by atoms with Crippen molar-refractivity contribution in [2.75, 3.05) is 25.0 Å². The van der Waals surface area contributed by atoms with Crippen molar-refractivity contribution in [2.45, 2.75) is 32.5 Å². The van der Waals surface area contributed by atoms with Crippen LogP contribution in [0.4, 0.5) is 5.13 Å². The zero-order valence-corrected chi connectivity index (χ0v) is 17.0. The molecular formula is C18H22Cl2N3O2S+. The highest BCUT2D eigenvalue weighted by molar-refractivity contribution is 7.15. The first-order chi connectivity index (χ1) is 12.4. The van der Waals surface area contributed by atoms with E-state index < -0.39 is 0 Å². The third kappa shape index (κ3) is 5.18. The Morgan fingerprint density at radius 2 is 1.96 bits per heavy atom. The molecule has 1 aliphatic heterocycles. The number of hydrogen-bond acceptors (Lipinski definition) is 4. The van der Waals surface area contributed by atoms with Gasteiger partial charge in [-0.2, -0.15) is 0 Å². The van der Waals surface area contributed by atoms with Gasteiger partial charge in [0.1, 0.15) is 25.3 Å². The Hall–Kier alpha value is -1.18. The molecule has 2 heterocycles. The van der Waals surface area contributed by atoms with E-state index in [1.165, 1.54) is 16.2 Å². The molecule has 2 aromatic rings. The lowest BCUT2D eigenvalue weighted by atomic mass is 10.1. The van der Waals surface area contributed by atoms with Gasteiger partial charge < -0.3 is 9.64 Å². The Kier molecular flexibility index (Phi) is 6.53. The number of hydrogen-bond donors (Lipinski definition) is 2. The number of aromatic nitrogens is 1. The van der Waals surface area contributed by atoms with Crippen molar-refractivity contribution in [2.24, 2.45) is 0 Å². The quantitative estimate of drug-likeness (QED) is 0.790. The molecule has 0 bridgehead atoms. The number of anilines is 1. The van der Waals surface area contributed by atoms with Crippen molar-refractivity contribution in [3.63, 3.8) is 0 Å². The van der Waals surface area contributed by atoms with E-state index in [2.05, 4.69) is 10.3 Å². The van der Waals surface area contributed by atoms with Crippen LogP contribution in [-0.2, 0) is 16.0 Å². The number of benzene rings is 1. The highest BCUT2D eigenvalue weighted by Gasteiger charge is 2.27. The van der Waals surface area contributed by atoms with E-state index in [1.807, 2.05) is 32.0 Å². The van der Waals surface area contributed by atoms with Crippen LogP contribution in [0.3, 0.4) is 0 Å². The summed E-state index contributed by atoms with van der Waals surface area (Å²) in [6.45, 7) is 6.18. The van der Waals surface area contributed by atoms with Gasteiger partial charge in [0.15, 0.2) is 11.7 Å². The van der Waals surface area contributed by atoms with Crippen LogP contribution in [0.25, 0.3) is 0 Å². The second-order valence-corrected chi connectivity index (χ2v) is 8.58. The van der Waals surface area contributed by atoms with Crippen LogP contribution in [0.15, 0.2) is 24.4 Å². The van der Waals surface area contributed by atoms with Gasteiger partial charge in [-0.25, -0.2) is 4.98 Å². The number of nitrogens with one attached hydrogen (secondary N) is 2. The van der Waals surface area contributed by atoms with E-state index >= 15 is 0 Å². The van der Waals surface area contributed by atoms with Gasteiger partial charge in [0, 0.05) is 27.5 Å². The second-order valence-electron chi connectivity index (χ2n) is 6.65. The molecular weight excluding hydrogens is 393 g/mol. The second kappa shape index (κ2) is 8.67. The number of carbonyl (C=O) groups excluding carboxylic acids is 1. The number of nitrogens with zero attached hydrogens (tertiary/aromatic N) is 1. The lowest BCUT2D eigenvalue weighted by Crippen LogP contribution is -3.16. The fraction of sp³-hybridized carbons (Fsp3) is 0.444. The van der Waals surface area contributed by atoms with Crippen molar-refractivity contribution in [1.82, 2.24) is 4.98 Å². The average Bonchev–Trinajstić information content (AvgIpc) is 2.97. The van der Waals surface area contributed by atoms with Crippen LogP contribution in [0.5, 0.6) is 0 Å². The highest BCUT2D eigenvalue weighted by Crippen LogP contribution is 2.29. The smallest absolute Gasteiger partial charge is 0.281 e. The summed E-state index contributed by atoms with van der Waals surface area (Å²) in [5.41, 5.74) is 0.873. The summed E-state index contributed by atoms with van der Waals surface area (Å²) in [4.78, 5) is 18.8. The first-order valence-corrected chi connectivity index (χ1v) is 10.1. The predicted molar refractivity (Wildman–Crippen MR) is 106 cm³/mol. The lowest BCUT2D eigenvalue weighted by molar-refractivity contribution is -0.907. The minimum Gasteiger partial charge on any atom is -0.364 e. The van der Waals surface area contributed by atoms with Gasteiger partial charge in [-0.3, -0.25) is 10.1 Å². The molecule has 0 aliphatic carbocycles.